The smallest absolute Gasteiger partial charge is 0.0457 e. The molecule has 0 aliphatic carbocycles. The summed E-state index contributed by atoms with van der Waals surface area (Å²) in [6.45, 7) is 10.5. The van der Waals surface area contributed by atoms with Crippen LogP contribution in [0.5, 0.6) is 0 Å². The SMILES string of the molecule is CCC(C)N1CCN(Cc2c[nH]c3ccccc23)CC1. The van der Waals surface area contributed by atoms with Crippen molar-refractivity contribution in [2.75, 3.05) is 26.2 Å². The number of para-hydroxylation sites is 1. The fraction of sp³-hybridized carbons (Fsp3) is 0.529. The molecule has 3 rings (SSSR count). The maximum absolute atomic E-state index is 3.38. The lowest BCUT2D eigenvalue weighted by Gasteiger charge is -2.37. The lowest BCUT2D eigenvalue weighted by atomic mass is 10.1. The fourth-order valence-corrected chi connectivity index (χ4v) is 3.12. The van der Waals surface area contributed by atoms with Gasteiger partial charge in [-0.3, -0.25) is 9.80 Å². The molecule has 1 aromatic heterocycles. The van der Waals surface area contributed by atoms with Crippen LogP contribution in [0.1, 0.15) is 25.8 Å². The number of rotatable bonds is 4. The molecule has 1 atom stereocenters. The number of hydrogen-bond donors (Lipinski definition) is 1. The Hall–Kier alpha value is -1.32. The summed E-state index contributed by atoms with van der Waals surface area (Å²) in [5.74, 6) is 0. The van der Waals surface area contributed by atoms with Crippen LogP contribution in [0.15, 0.2) is 30.5 Å². The second-order valence-electron chi connectivity index (χ2n) is 5.93. The third kappa shape index (κ3) is 2.74. The number of benzene rings is 1. The van der Waals surface area contributed by atoms with Crippen molar-refractivity contribution in [3.05, 3.63) is 36.0 Å². The van der Waals surface area contributed by atoms with Gasteiger partial charge in [-0.1, -0.05) is 25.1 Å². The van der Waals surface area contributed by atoms with E-state index < -0.39 is 0 Å². The molecule has 20 heavy (non-hydrogen) atoms. The van der Waals surface area contributed by atoms with Gasteiger partial charge in [0.2, 0.25) is 0 Å². The van der Waals surface area contributed by atoms with Crippen LogP contribution in [0.3, 0.4) is 0 Å². The third-order valence-corrected chi connectivity index (χ3v) is 4.69. The molecule has 1 fully saturated rings. The Morgan fingerprint density at radius 3 is 2.65 bits per heavy atom. The number of hydrogen-bond acceptors (Lipinski definition) is 2. The van der Waals surface area contributed by atoms with Gasteiger partial charge in [-0.2, -0.15) is 0 Å². The van der Waals surface area contributed by atoms with Crippen LogP contribution in [0, 0.1) is 0 Å². The predicted molar refractivity (Wildman–Crippen MR) is 84.9 cm³/mol. The molecule has 0 bridgehead atoms. The second-order valence-corrected chi connectivity index (χ2v) is 5.93. The highest BCUT2D eigenvalue weighted by atomic mass is 15.3. The van der Waals surface area contributed by atoms with E-state index in [1.54, 1.807) is 0 Å². The van der Waals surface area contributed by atoms with Crippen molar-refractivity contribution in [1.82, 2.24) is 14.8 Å². The monoisotopic (exact) mass is 271 g/mol. The molecule has 108 valence electrons. The van der Waals surface area contributed by atoms with E-state index in [2.05, 4.69) is 59.1 Å². The fourth-order valence-electron chi connectivity index (χ4n) is 3.12. The van der Waals surface area contributed by atoms with Gasteiger partial charge in [0.05, 0.1) is 0 Å². The molecule has 1 aliphatic heterocycles. The van der Waals surface area contributed by atoms with Gasteiger partial charge < -0.3 is 4.98 Å². The van der Waals surface area contributed by atoms with E-state index in [4.69, 9.17) is 0 Å². The van der Waals surface area contributed by atoms with Crippen molar-refractivity contribution in [1.29, 1.82) is 0 Å². The zero-order valence-corrected chi connectivity index (χ0v) is 12.6. The lowest BCUT2D eigenvalue weighted by molar-refractivity contribution is 0.0966. The minimum atomic E-state index is 0.727. The standard InChI is InChI=1S/C17H25N3/c1-3-14(2)20-10-8-19(9-11-20)13-15-12-18-17-7-5-4-6-16(15)17/h4-7,12,14,18H,3,8-11,13H2,1-2H3. The Kier molecular flexibility index (Phi) is 4.08. The summed E-state index contributed by atoms with van der Waals surface area (Å²) in [4.78, 5) is 8.57. The Morgan fingerprint density at radius 1 is 1.15 bits per heavy atom. The molecular weight excluding hydrogens is 246 g/mol. The van der Waals surface area contributed by atoms with E-state index in [-0.39, 0.29) is 0 Å². The van der Waals surface area contributed by atoms with Gasteiger partial charge in [-0.05, 0) is 25.0 Å². The van der Waals surface area contributed by atoms with Crippen LogP contribution in [-0.2, 0) is 6.54 Å². The average molecular weight is 271 g/mol. The largest absolute Gasteiger partial charge is 0.361 e. The van der Waals surface area contributed by atoms with E-state index in [9.17, 15) is 0 Å². The molecule has 3 heteroatoms. The van der Waals surface area contributed by atoms with Gasteiger partial charge in [0, 0.05) is 55.9 Å². The minimum Gasteiger partial charge on any atom is -0.361 e. The molecule has 0 saturated carbocycles. The molecule has 1 unspecified atom stereocenters. The van der Waals surface area contributed by atoms with Gasteiger partial charge in [0.25, 0.3) is 0 Å². The normalized spacial score (nSPS) is 19.5. The van der Waals surface area contributed by atoms with Crippen LogP contribution < -0.4 is 0 Å². The summed E-state index contributed by atoms with van der Waals surface area (Å²) in [7, 11) is 0. The molecule has 3 nitrogen and oxygen atoms in total. The van der Waals surface area contributed by atoms with E-state index in [0.717, 1.165) is 12.6 Å². The Morgan fingerprint density at radius 2 is 1.90 bits per heavy atom. The Balaban J connectivity index is 1.62. The minimum absolute atomic E-state index is 0.727. The van der Waals surface area contributed by atoms with Crippen molar-refractivity contribution in [3.8, 4) is 0 Å². The van der Waals surface area contributed by atoms with E-state index in [1.807, 2.05) is 0 Å². The molecule has 0 amide bonds. The van der Waals surface area contributed by atoms with Crippen LogP contribution in [0.4, 0.5) is 0 Å². The third-order valence-electron chi connectivity index (χ3n) is 4.69. The number of piperazine rings is 1. The first kappa shape index (κ1) is 13.7. The van der Waals surface area contributed by atoms with Crippen molar-refractivity contribution >= 4 is 10.9 Å². The second kappa shape index (κ2) is 5.98. The molecule has 1 saturated heterocycles. The quantitative estimate of drug-likeness (QED) is 0.923. The van der Waals surface area contributed by atoms with Crippen LogP contribution in [0.25, 0.3) is 10.9 Å². The number of aromatic amines is 1. The van der Waals surface area contributed by atoms with Crippen molar-refractivity contribution in [2.45, 2.75) is 32.9 Å². The zero-order chi connectivity index (χ0) is 13.9. The number of fused-ring (bicyclic) bond motifs is 1. The highest BCUT2D eigenvalue weighted by Crippen LogP contribution is 2.20. The summed E-state index contributed by atoms with van der Waals surface area (Å²) in [6, 6.07) is 9.31. The average Bonchev–Trinajstić information content (AvgIpc) is 2.91. The number of nitrogens with zero attached hydrogens (tertiary/aromatic N) is 2. The highest BCUT2D eigenvalue weighted by molar-refractivity contribution is 5.82. The summed E-state index contributed by atoms with van der Waals surface area (Å²) in [5, 5.41) is 1.37. The van der Waals surface area contributed by atoms with E-state index >= 15 is 0 Å². The molecule has 1 aliphatic rings. The maximum atomic E-state index is 3.38. The summed E-state index contributed by atoms with van der Waals surface area (Å²) >= 11 is 0. The highest BCUT2D eigenvalue weighted by Gasteiger charge is 2.20. The summed E-state index contributed by atoms with van der Waals surface area (Å²) in [5.41, 5.74) is 2.68. The van der Waals surface area contributed by atoms with Gasteiger partial charge in [0.1, 0.15) is 0 Å². The van der Waals surface area contributed by atoms with Gasteiger partial charge >= 0.3 is 0 Å². The van der Waals surface area contributed by atoms with Crippen LogP contribution in [0.2, 0.25) is 0 Å². The van der Waals surface area contributed by atoms with E-state index in [0.29, 0.717) is 0 Å². The van der Waals surface area contributed by atoms with Crippen molar-refractivity contribution in [2.24, 2.45) is 0 Å². The molecule has 0 radical (unpaired) electrons. The Labute approximate surface area is 121 Å². The molecule has 2 heterocycles. The summed E-state index contributed by atoms with van der Waals surface area (Å²) in [6.07, 6.45) is 3.42. The molecule has 2 aromatic rings. The zero-order valence-electron chi connectivity index (χ0n) is 12.6. The molecule has 1 N–H and O–H groups in total. The molecular formula is C17H25N3. The number of nitrogens with one attached hydrogen (secondary N) is 1. The summed E-state index contributed by atoms with van der Waals surface area (Å²) < 4.78 is 0. The van der Waals surface area contributed by atoms with Gasteiger partial charge in [0.15, 0.2) is 0 Å². The first-order valence-corrected chi connectivity index (χ1v) is 7.79. The number of aromatic nitrogens is 1. The maximum Gasteiger partial charge on any atom is 0.0457 e. The van der Waals surface area contributed by atoms with Crippen LogP contribution in [-0.4, -0.2) is 47.0 Å². The van der Waals surface area contributed by atoms with E-state index in [1.165, 1.54) is 49.1 Å². The lowest BCUT2D eigenvalue weighted by Crippen LogP contribution is -2.48. The first-order valence-electron chi connectivity index (χ1n) is 7.79. The van der Waals surface area contributed by atoms with Crippen molar-refractivity contribution < 1.29 is 0 Å². The first-order chi connectivity index (χ1) is 9.78. The molecule has 1 aromatic carbocycles. The topological polar surface area (TPSA) is 22.3 Å². The van der Waals surface area contributed by atoms with Gasteiger partial charge in [-0.25, -0.2) is 0 Å². The predicted octanol–water partition coefficient (Wildman–Crippen LogP) is 3.08. The van der Waals surface area contributed by atoms with Gasteiger partial charge in [-0.15, -0.1) is 0 Å². The van der Waals surface area contributed by atoms with Crippen LogP contribution >= 0.6 is 0 Å². The Bertz CT molecular complexity index is 552. The number of H-pyrrole nitrogens is 1. The van der Waals surface area contributed by atoms with Crippen molar-refractivity contribution in [3.63, 3.8) is 0 Å². The molecule has 0 spiro atoms.